The Bertz CT molecular complexity index is 641. The van der Waals surface area contributed by atoms with Gasteiger partial charge in [0.25, 0.3) is 5.91 Å². The average molecular weight is 270 g/mol. The first-order chi connectivity index (χ1) is 9.72. The van der Waals surface area contributed by atoms with Crippen molar-refractivity contribution in [3.8, 4) is 5.75 Å². The third-order valence-corrected chi connectivity index (χ3v) is 3.12. The number of hydrogen-bond acceptors (Lipinski definition) is 4. The molecule has 1 heterocycles. The minimum absolute atomic E-state index is 0.190. The highest BCUT2D eigenvalue weighted by atomic mass is 16.3. The number of amides is 1. The van der Waals surface area contributed by atoms with E-state index >= 15 is 0 Å². The zero-order chi connectivity index (χ0) is 13.9. The van der Waals surface area contributed by atoms with Gasteiger partial charge in [0, 0.05) is 11.6 Å². The van der Waals surface area contributed by atoms with Crippen LogP contribution in [-0.2, 0) is 0 Å². The van der Waals surface area contributed by atoms with E-state index < -0.39 is 0 Å². The summed E-state index contributed by atoms with van der Waals surface area (Å²) in [5.41, 5.74) is 4.56. The number of benzene rings is 1. The number of phenolic OH excluding ortho intramolecular Hbond substituents is 1. The van der Waals surface area contributed by atoms with E-state index in [-0.39, 0.29) is 11.7 Å². The van der Waals surface area contributed by atoms with Crippen molar-refractivity contribution in [2.45, 2.75) is 18.8 Å². The molecule has 0 bridgehead atoms. The van der Waals surface area contributed by atoms with Crippen molar-refractivity contribution in [1.82, 2.24) is 15.6 Å². The second-order valence-electron chi connectivity index (χ2n) is 4.77. The quantitative estimate of drug-likeness (QED) is 0.584. The molecule has 0 aliphatic heterocycles. The molecule has 6 heteroatoms. The van der Waals surface area contributed by atoms with E-state index in [1.54, 1.807) is 30.3 Å². The van der Waals surface area contributed by atoms with Crippen molar-refractivity contribution >= 4 is 12.1 Å². The summed E-state index contributed by atoms with van der Waals surface area (Å²) in [5, 5.41) is 19.8. The van der Waals surface area contributed by atoms with Crippen LogP contribution in [0, 0.1) is 0 Å². The van der Waals surface area contributed by atoms with Crippen LogP contribution in [0.3, 0.4) is 0 Å². The number of phenols is 1. The summed E-state index contributed by atoms with van der Waals surface area (Å²) in [7, 11) is 0. The van der Waals surface area contributed by atoms with Crippen molar-refractivity contribution in [3.63, 3.8) is 0 Å². The number of rotatable bonds is 4. The summed E-state index contributed by atoms with van der Waals surface area (Å²) in [5.74, 6) is 0.378. The lowest BCUT2D eigenvalue weighted by molar-refractivity contribution is 0.0950. The zero-order valence-electron chi connectivity index (χ0n) is 10.7. The Morgan fingerprint density at radius 3 is 2.85 bits per heavy atom. The SMILES string of the molecule is O=C(N/N=C\c1ccc(O)cc1)c1cc(C2CC2)[nH]n1. The van der Waals surface area contributed by atoms with Crippen molar-refractivity contribution in [1.29, 1.82) is 0 Å². The lowest BCUT2D eigenvalue weighted by Crippen LogP contribution is -2.17. The second kappa shape index (κ2) is 5.16. The number of aromatic amines is 1. The van der Waals surface area contributed by atoms with Gasteiger partial charge in [0.1, 0.15) is 5.75 Å². The van der Waals surface area contributed by atoms with Crippen LogP contribution >= 0.6 is 0 Å². The van der Waals surface area contributed by atoms with E-state index in [1.807, 2.05) is 0 Å². The van der Waals surface area contributed by atoms with Gasteiger partial charge in [-0.2, -0.15) is 10.2 Å². The maximum absolute atomic E-state index is 11.8. The van der Waals surface area contributed by atoms with E-state index in [4.69, 9.17) is 5.11 Å². The third kappa shape index (κ3) is 2.85. The van der Waals surface area contributed by atoms with Crippen LogP contribution in [-0.4, -0.2) is 27.4 Å². The van der Waals surface area contributed by atoms with Crippen LogP contribution < -0.4 is 5.43 Å². The first-order valence-corrected chi connectivity index (χ1v) is 6.40. The molecule has 1 amide bonds. The Morgan fingerprint density at radius 2 is 2.15 bits per heavy atom. The van der Waals surface area contributed by atoms with Crippen LogP contribution in [0.5, 0.6) is 5.75 Å². The highest BCUT2D eigenvalue weighted by Gasteiger charge is 2.26. The maximum atomic E-state index is 11.8. The minimum atomic E-state index is -0.344. The normalized spacial score (nSPS) is 14.6. The molecule has 1 aliphatic carbocycles. The number of hydrazone groups is 1. The van der Waals surface area contributed by atoms with Gasteiger partial charge in [-0.3, -0.25) is 9.89 Å². The molecule has 0 radical (unpaired) electrons. The molecule has 0 unspecified atom stereocenters. The number of nitrogens with zero attached hydrogens (tertiary/aromatic N) is 2. The number of H-pyrrole nitrogens is 1. The van der Waals surface area contributed by atoms with Crippen LogP contribution in [0.2, 0.25) is 0 Å². The van der Waals surface area contributed by atoms with Gasteiger partial charge < -0.3 is 5.11 Å². The third-order valence-electron chi connectivity index (χ3n) is 3.12. The highest BCUT2D eigenvalue weighted by Crippen LogP contribution is 2.38. The molecule has 1 fully saturated rings. The van der Waals surface area contributed by atoms with Crippen LogP contribution in [0.1, 0.15) is 40.5 Å². The lowest BCUT2D eigenvalue weighted by Gasteiger charge is -1.95. The molecule has 102 valence electrons. The zero-order valence-corrected chi connectivity index (χ0v) is 10.7. The summed E-state index contributed by atoms with van der Waals surface area (Å²) in [6, 6.07) is 8.27. The Labute approximate surface area is 115 Å². The molecule has 2 aromatic rings. The summed E-state index contributed by atoms with van der Waals surface area (Å²) >= 11 is 0. The number of carbonyl (C=O) groups excluding carboxylic acids is 1. The average Bonchev–Trinajstić information content (AvgIpc) is 3.18. The van der Waals surface area contributed by atoms with Gasteiger partial charge in [-0.25, -0.2) is 5.43 Å². The fraction of sp³-hybridized carbons (Fsp3) is 0.214. The first-order valence-electron chi connectivity index (χ1n) is 6.40. The molecule has 20 heavy (non-hydrogen) atoms. The van der Waals surface area contributed by atoms with Crippen LogP contribution in [0.15, 0.2) is 35.4 Å². The Kier molecular flexibility index (Phi) is 3.20. The molecule has 3 N–H and O–H groups in total. The molecule has 0 atom stereocenters. The first kappa shape index (κ1) is 12.4. The van der Waals surface area contributed by atoms with Gasteiger partial charge in [-0.1, -0.05) is 0 Å². The summed E-state index contributed by atoms with van der Waals surface area (Å²) < 4.78 is 0. The second-order valence-corrected chi connectivity index (χ2v) is 4.77. The Morgan fingerprint density at radius 1 is 1.40 bits per heavy atom. The van der Waals surface area contributed by atoms with Gasteiger partial charge in [-0.15, -0.1) is 0 Å². The van der Waals surface area contributed by atoms with Crippen molar-refractivity contribution < 1.29 is 9.90 Å². The molecular formula is C14H14N4O2. The number of aromatic hydroxyl groups is 1. The molecule has 1 aromatic heterocycles. The fourth-order valence-corrected chi connectivity index (χ4v) is 1.84. The predicted octanol–water partition coefficient (Wildman–Crippen LogP) is 1.76. The van der Waals surface area contributed by atoms with Gasteiger partial charge in [0.2, 0.25) is 0 Å². The van der Waals surface area contributed by atoms with Gasteiger partial charge in [0.05, 0.1) is 6.21 Å². The van der Waals surface area contributed by atoms with Crippen LogP contribution in [0.4, 0.5) is 0 Å². The molecule has 1 saturated carbocycles. The molecule has 0 saturated heterocycles. The van der Waals surface area contributed by atoms with Crippen molar-refractivity contribution in [2.24, 2.45) is 5.10 Å². The Hall–Kier alpha value is -2.63. The standard InChI is InChI=1S/C14H14N4O2/c19-11-5-1-9(2-6-11)8-15-18-14(20)13-7-12(16-17-13)10-3-4-10/h1-2,5-8,10,19H,3-4H2,(H,16,17)(H,18,20)/b15-8-. The monoisotopic (exact) mass is 270 g/mol. The van der Waals surface area contributed by atoms with E-state index in [9.17, 15) is 4.79 Å². The smallest absolute Gasteiger partial charge is 0.291 e. The molecule has 1 aliphatic rings. The summed E-state index contributed by atoms with van der Waals surface area (Å²) in [6.07, 6.45) is 3.82. The number of carbonyl (C=O) groups is 1. The lowest BCUT2D eigenvalue weighted by atomic mass is 10.2. The van der Waals surface area contributed by atoms with Crippen molar-refractivity contribution in [2.75, 3.05) is 0 Å². The largest absolute Gasteiger partial charge is 0.508 e. The molecular weight excluding hydrogens is 256 g/mol. The fourth-order valence-electron chi connectivity index (χ4n) is 1.84. The highest BCUT2D eigenvalue weighted by molar-refractivity contribution is 5.93. The van der Waals surface area contributed by atoms with Gasteiger partial charge >= 0.3 is 0 Å². The number of aromatic nitrogens is 2. The van der Waals surface area contributed by atoms with E-state index in [0.29, 0.717) is 11.6 Å². The summed E-state index contributed by atoms with van der Waals surface area (Å²) in [6.45, 7) is 0. The molecule has 1 aromatic carbocycles. The topological polar surface area (TPSA) is 90.4 Å². The number of hydrogen-bond donors (Lipinski definition) is 3. The minimum Gasteiger partial charge on any atom is -0.508 e. The molecule has 6 nitrogen and oxygen atoms in total. The summed E-state index contributed by atoms with van der Waals surface area (Å²) in [4.78, 5) is 11.8. The van der Waals surface area contributed by atoms with Gasteiger partial charge in [0.15, 0.2) is 5.69 Å². The van der Waals surface area contributed by atoms with E-state index in [0.717, 1.165) is 24.1 Å². The molecule has 0 spiro atoms. The van der Waals surface area contributed by atoms with Crippen molar-refractivity contribution in [3.05, 3.63) is 47.3 Å². The maximum Gasteiger partial charge on any atom is 0.291 e. The van der Waals surface area contributed by atoms with Crippen LogP contribution in [0.25, 0.3) is 0 Å². The van der Waals surface area contributed by atoms with Gasteiger partial charge in [-0.05, 0) is 48.7 Å². The van der Waals surface area contributed by atoms with E-state index in [1.165, 1.54) is 6.21 Å². The van der Waals surface area contributed by atoms with E-state index in [2.05, 4.69) is 20.7 Å². The predicted molar refractivity (Wildman–Crippen MR) is 73.7 cm³/mol. The molecule has 3 rings (SSSR count). The Balaban J connectivity index is 1.59. The number of nitrogens with one attached hydrogen (secondary N) is 2.